The first-order valence-electron chi connectivity index (χ1n) is 7.27. The Kier molecular flexibility index (Phi) is 3.12. The van der Waals surface area contributed by atoms with Crippen LogP contribution in [0.4, 0.5) is 0 Å². The normalized spacial score (nSPS) is 28.0. The molecule has 21 heavy (non-hydrogen) atoms. The molecule has 0 aromatic carbocycles. The maximum Gasteiger partial charge on any atom is 0.270 e. The summed E-state index contributed by atoms with van der Waals surface area (Å²) in [6.45, 7) is 3.27. The molecule has 1 N–H and O–H groups in total. The molecule has 110 valence electrons. The van der Waals surface area contributed by atoms with Crippen molar-refractivity contribution in [3.8, 4) is 0 Å². The van der Waals surface area contributed by atoms with Gasteiger partial charge in [-0.2, -0.15) is 0 Å². The van der Waals surface area contributed by atoms with Gasteiger partial charge in [0.15, 0.2) is 5.22 Å². The minimum atomic E-state index is -0.136. The minimum Gasteiger partial charge on any atom is -0.445 e. The number of amides is 1. The van der Waals surface area contributed by atoms with Crippen LogP contribution in [0.3, 0.4) is 0 Å². The Balaban J connectivity index is 1.53. The number of rotatable bonds is 2. The lowest BCUT2D eigenvalue weighted by Gasteiger charge is -2.44. The fourth-order valence-corrected chi connectivity index (χ4v) is 3.60. The quantitative estimate of drug-likeness (QED) is 0.925. The van der Waals surface area contributed by atoms with Gasteiger partial charge in [-0.25, -0.2) is 0 Å². The lowest BCUT2D eigenvalue weighted by molar-refractivity contribution is 0.0618. The number of pyridine rings is 1. The van der Waals surface area contributed by atoms with Gasteiger partial charge < -0.3 is 14.6 Å². The summed E-state index contributed by atoms with van der Waals surface area (Å²) in [5.74, 6) is 0.462. The predicted molar refractivity (Wildman–Crippen MR) is 79.4 cm³/mol. The zero-order chi connectivity index (χ0) is 14.4. The van der Waals surface area contributed by atoms with E-state index < -0.39 is 0 Å². The van der Waals surface area contributed by atoms with Crippen LogP contribution in [0.5, 0.6) is 0 Å². The lowest BCUT2D eigenvalue weighted by atomic mass is 9.84. The predicted octanol–water partition coefficient (Wildman–Crippen LogP) is 2.31. The number of carbonyl (C=O) groups excluding carboxylic acids is 1. The fourth-order valence-electron chi connectivity index (χ4n) is 3.40. The Morgan fingerprint density at radius 3 is 2.90 bits per heavy atom. The maximum atomic E-state index is 12.4. The summed E-state index contributed by atoms with van der Waals surface area (Å²) in [5.41, 5.74) is 0.971. The van der Waals surface area contributed by atoms with Gasteiger partial charge in [-0.05, 0) is 43.5 Å². The molecule has 5 rings (SSSR count). The zero-order valence-electron chi connectivity index (χ0n) is 11.5. The topological polar surface area (TPSA) is 58.4 Å². The Morgan fingerprint density at radius 2 is 2.19 bits per heavy atom. The smallest absolute Gasteiger partial charge is 0.270 e. The highest BCUT2D eigenvalue weighted by atomic mass is 35.5. The van der Waals surface area contributed by atoms with E-state index in [1.807, 2.05) is 0 Å². The Morgan fingerprint density at radius 1 is 1.38 bits per heavy atom. The van der Waals surface area contributed by atoms with Crippen LogP contribution in [0.2, 0.25) is 5.22 Å². The summed E-state index contributed by atoms with van der Waals surface area (Å²) in [6.07, 6.45) is 3.96. The molecule has 0 spiro atoms. The number of piperidine rings is 3. The third kappa shape index (κ3) is 2.40. The van der Waals surface area contributed by atoms with Crippen LogP contribution in [-0.2, 0) is 0 Å². The lowest BCUT2D eigenvalue weighted by Crippen LogP contribution is -2.57. The summed E-state index contributed by atoms with van der Waals surface area (Å²) in [5, 5.41) is 4.23. The molecule has 3 fully saturated rings. The van der Waals surface area contributed by atoms with Gasteiger partial charge in [0, 0.05) is 36.3 Å². The van der Waals surface area contributed by atoms with E-state index >= 15 is 0 Å². The summed E-state index contributed by atoms with van der Waals surface area (Å²) in [6, 6.07) is 3.58. The molecule has 0 aliphatic carbocycles. The van der Waals surface area contributed by atoms with Crippen molar-refractivity contribution in [1.82, 2.24) is 15.2 Å². The number of furan rings is 1. The first-order chi connectivity index (χ1) is 10.2. The largest absolute Gasteiger partial charge is 0.445 e. The summed E-state index contributed by atoms with van der Waals surface area (Å²) in [7, 11) is 0. The van der Waals surface area contributed by atoms with Gasteiger partial charge in [-0.3, -0.25) is 9.78 Å². The van der Waals surface area contributed by atoms with Crippen LogP contribution in [-0.4, -0.2) is 41.5 Å². The van der Waals surface area contributed by atoms with Crippen LogP contribution >= 0.6 is 11.6 Å². The molecule has 3 saturated heterocycles. The van der Waals surface area contributed by atoms with Crippen molar-refractivity contribution < 1.29 is 9.21 Å². The average Bonchev–Trinajstić information content (AvgIpc) is 2.87. The van der Waals surface area contributed by atoms with Crippen molar-refractivity contribution in [2.75, 3.05) is 19.6 Å². The Bertz CT molecular complexity index is 691. The first kappa shape index (κ1) is 13.1. The van der Waals surface area contributed by atoms with Crippen molar-refractivity contribution in [3.63, 3.8) is 0 Å². The SMILES string of the molecule is O=C(N[C@H]1CN2CCC1CC2)c1cc2oc(Cl)cc2cn1. The maximum absolute atomic E-state index is 12.4. The van der Waals surface area contributed by atoms with E-state index in [9.17, 15) is 4.79 Å². The molecule has 0 radical (unpaired) electrons. The van der Waals surface area contributed by atoms with Crippen LogP contribution in [0.25, 0.3) is 11.0 Å². The molecule has 6 heteroatoms. The Hall–Kier alpha value is -1.59. The van der Waals surface area contributed by atoms with Gasteiger partial charge >= 0.3 is 0 Å². The molecule has 2 aromatic heterocycles. The molecule has 5 nitrogen and oxygen atoms in total. The average molecular weight is 306 g/mol. The molecule has 3 aliphatic rings. The second kappa shape index (κ2) is 5.00. The molecular formula is C15H16ClN3O2. The summed E-state index contributed by atoms with van der Waals surface area (Å²) < 4.78 is 5.34. The number of fused-ring (bicyclic) bond motifs is 4. The number of nitrogens with one attached hydrogen (secondary N) is 1. The molecule has 1 atom stereocenters. The van der Waals surface area contributed by atoms with Gasteiger partial charge in [-0.1, -0.05) is 0 Å². The number of aromatic nitrogens is 1. The summed E-state index contributed by atoms with van der Waals surface area (Å²) >= 11 is 5.81. The van der Waals surface area contributed by atoms with Crippen molar-refractivity contribution in [3.05, 3.63) is 29.2 Å². The van der Waals surface area contributed by atoms with Crippen molar-refractivity contribution >= 4 is 28.5 Å². The van der Waals surface area contributed by atoms with E-state index in [4.69, 9.17) is 16.0 Å². The van der Waals surface area contributed by atoms with E-state index in [2.05, 4.69) is 15.2 Å². The highest BCUT2D eigenvalue weighted by Gasteiger charge is 2.35. The number of carbonyl (C=O) groups is 1. The third-order valence-corrected chi connectivity index (χ3v) is 4.76. The van der Waals surface area contributed by atoms with Gasteiger partial charge in [0.05, 0.1) is 0 Å². The van der Waals surface area contributed by atoms with Crippen molar-refractivity contribution in [1.29, 1.82) is 0 Å². The van der Waals surface area contributed by atoms with E-state index in [0.717, 1.165) is 25.0 Å². The molecular weight excluding hydrogens is 290 g/mol. The zero-order valence-corrected chi connectivity index (χ0v) is 12.3. The van der Waals surface area contributed by atoms with E-state index in [0.29, 0.717) is 22.4 Å². The Labute approximate surface area is 127 Å². The molecule has 0 saturated carbocycles. The van der Waals surface area contributed by atoms with Gasteiger partial charge in [-0.15, -0.1) is 0 Å². The highest BCUT2D eigenvalue weighted by Crippen LogP contribution is 2.28. The van der Waals surface area contributed by atoms with Gasteiger partial charge in [0.25, 0.3) is 5.91 Å². The van der Waals surface area contributed by atoms with E-state index in [1.54, 1.807) is 18.3 Å². The van der Waals surface area contributed by atoms with Crippen molar-refractivity contribution in [2.45, 2.75) is 18.9 Å². The second-order valence-corrected chi connectivity index (χ2v) is 6.25. The van der Waals surface area contributed by atoms with Gasteiger partial charge in [0.1, 0.15) is 11.3 Å². The molecule has 1 amide bonds. The summed E-state index contributed by atoms with van der Waals surface area (Å²) in [4.78, 5) is 19.0. The van der Waals surface area contributed by atoms with Crippen LogP contribution < -0.4 is 5.32 Å². The van der Waals surface area contributed by atoms with Crippen LogP contribution in [0, 0.1) is 5.92 Å². The number of hydrogen-bond acceptors (Lipinski definition) is 4. The molecule has 5 heterocycles. The third-order valence-electron chi connectivity index (χ3n) is 4.58. The monoisotopic (exact) mass is 305 g/mol. The second-order valence-electron chi connectivity index (χ2n) is 5.88. The molecule has 2 aromatic rings. The highest BCUT2D eigenvalue weighted by molar-refractivity contribution is 6.29. The standard InChI is InChI=1S/C15H16ClN3O2/c16-14-5-10-7-17-11(6-13(10)21-14)15(20)18-12-8-19-3-1-9(12)2-4-19/h5-7,9,12H,1-4,8H2,(H,18,20)/t12-/m0/s1. The fraction of sp³-hybridized carbons (Fsp3) is 0.467. The number of hydrogen-bond donors (Lipinski definition) is 1. The van der Waals surface area contributed by atoms with Crippen LogP contribution in [0.1, 0.15) is 23.3 Å². The molecule has 2 bridgehead atoms. The number of halogens is 1. The molecule has 3 aliphatic heterocycles. The van der Waals surface area contributed by atoms with Crippen LogP contribution in [0.15, 0.2) is 22.7 Å². The van der Waals surface area contributed by atoms with E-state index in [1.165, 1.54) is 12.8 Å². The van der Waals surface area contributed by atoms with Crippen molar-refractivity contribution in [2.24, 2.45) is 5.92 Å². The van der Waals surface area contributed by atoms with E-state index in [-0.39, 0.29) is 11.9 Å². The number of nitrogens with zero attached hydrogens (tertiary/aromatic N) is 2. The first-order valence-corrected chi connectivity index (χ1v) is 7.65. The molecule has 0 unspecified atom stereocenters. The minimum absolute atomic E-state index is 0.136. The van der Waals surface area contributed by atoms with Gasteiger partial charge in [0.2, 0.25) is 0 Å².